The molecule has 0 aliphatic rings. The van der Waals surface area contributed by atoms with Gasteiger partial charge in [0, 0.05) is 12.1 Å². The van der Waals surface area contributed by atoms with Gasteiger partial charge in [0.15, 0.2) is 5.75 Å². The minimum absolute atomic E-state index is 0.110. The molecule has 0 N–H and O–H groups in total. The van der Waals surface area contributed by atoms with E-state index in [4.69, 9.17) is 4.18 Å². The molecular weight excluding hydrogens is 350 g/mol. The highest BCUT2D eigenvalue weighted by Crippen LogP contribution is 2.28. The van der Waals surface area contributed by atoms with E-state index in [-0.39, 0.29) is 16.3 Å². The second-order valence-electron chi connectivity index (χ2n) is 3.72. The molecule has 0 heterocycles. The van der Waals surface area contributed by atoms with Crippen molar-refractivity contribution in [2.45, 2.75) is 4.90 Å². The first kappa shape index (κ1) is 14.5. The molecule has 2 aromatic carbocycles. The molecule has 0 unspecified atom stereocenters. The molecule has 0 aromatic heterocycles. The molecule has 104 valence electrons. The number of nitro benzene ring substituents is 1. The van der Waals surface area contributed by atoms with E-state index in [1.807, 2.05) is 0 Å². The number of hydrogen-bond donors (Lipinski definition) is 0. The Hall–Kier alpha value is -1.93. The predicted molar refractivity (Wildman–Crippen MR) is 75.1 cm³/mol. The molecule has 0 aliphatic heterocycles. The smallest absolute Gasteiger partial charge is 0.339 e. The summed E-state index contributed by atoms with van der Waals surface area (Å²) in [6, 6.07) is 11.1. The predicted octanol–water partition coefficient (Wildman–Crippen LogP) is 3.13. The molecule has 2 aromatic rings. The zero-order valence-electron chi connectivity index (χ0n) is 9.89. The normalized spacial score (nSPS) is 11.1. The first-order valence-corrected chi connectivity index (χ1v) is 7.54. The van der Waals surface area contributed by atoms with Crippen LogP contribution < -0.4 is 4.18 Å². The minimum Gasteiger partial charge on any atom is -0.378 e. The van der Waals surface area contributed by atoms with Crippen molar-refractivity contribution in [2.24, 2.45) is 0 Å². The van der Waals surface area contributed by atoms with Crippen LogP contribution in [0.15, 0.2) is 57.9 Å². The second-order valence-corrected chi connectivity index (χ2v) is 6.12. The fourth-order valence-electron chi connectivity index (χ4n) is 1.43. The highest BCUT2D eigenvalue weighted by Gasteiger charge is 2.20. The molecule has 2 rings (SSSR count). The van der Waals surface area contributed by atoms with Gasteiger partial charge in [0.1, 0.15) is 4.90 Å². The number of nitrogens with zero attached hydrogens (tertiary/aromatic N) is 1. The van der Waals surface area contributed by atoms with Gasteiger partial charge >= 0.3 is 10.1 Å². The number of hydrogen-bond acceptors (Lipinski definition) is 5. The quantitative estimate of drug-likeness (QED) is 0.476. The molecule has 0 fully saturated rings. The molecule has 0 bridgehead atoms. The van der Waals surface area contributed by atoms with Crippen LogP contribution in [0.4, 0.5) is 5.69 Å². The number of benzene rings is 2. The van der Waals surface area contributed by atoms with E-state index < -0.39 is 15.0 Å². The van der Waals surface area contributed by atoms with Crippen molar-refractivity contribution in [2.75, 3.05) is 0 Å². The van der Waals surface area contributed by atoms with Gasteiger partial charge in [-0.2, -0.15) is 8.42 Å². The highest BCUT2D eigenvalue weighted by atomic mass is 79.9. The van der Waals surface area contributed by atoms with E-state index in [0.717, 1.165) is 6.07 Å². The van der Waals surface area contributed by atoms with Crippen LogP contribution in [-0.4, -0.2) is 13.3 Å². The molecule has 8 heteroatoms. The Labute approximate surface area is 123 Å². The van der Waals surface area contributed by atoms with Crippen molar-refractivity contribution in [3.8, 4) is 5.75 Å². The van der Waals surface area contributed by atoms with Crippen LogP contribution >= 0.6 is 15.9 Å². The zero-order valence-corrected chi connectivity index (χ0v) is 12.3. The van der Waals surface area contributed by atoms with Crippen LogP contribution in [0.2, 0.25) is 0 Å². The SMILES string of the molecule is O=[N+]([O-])c1cccc(S(=O)(=O)Oc2ccccc2Br)c1. The lowest BCUT2D eigenvalue weighted by Gasteiger charge is -2.08. The van der Waals surface area contributed by atoms with Gasteiger partial charge in [0.05, 0.1) is 9.40 Å². The first-order valence-electron chi connectivity index (χ1n) is 5.33. The Kier molecular flexibility index (Phi) is 4.05. The molecule has 0 aliphatic carbocycles. The van der Waals surface area contributed by atoms with E-state index in [2.05, 4.69) is 15.9 Å². The van der Waals surface area contributed by atoms with Crippen LogP contribution in [0, 0.1) is 10.1 Å². The summed E-state index contributed by atoms with van der Waals surface area (Å²) >= 11 is 3.16. The van der Waals surface area contributed by atoms with Gasteiger partial charge in [-0.25, -0.2) is 0 Å². The van der Waals surface area contributed by atoms with E-state index in [1.54, 1.807) is 18.2 Å². The number of non-ortho nitro benzene ring substituents is 1. The van der Waals surface area contributed by atoms with Gasteiger partial charge in [0.2, 0.25) is 0 Å². The molecule has 0 saturated heterocycles. The van der Waals surface area contributed by atoms with E-state index in [1.165, 1.54) is 24.3 Å². The number of halogens is 1. The lowest BCUT2D eigenvalue weighted by atomic mass is 10.3. The summed E-state index contributed by atoms with van der Waals surface area (Å²) in [7, 11) is -4.13. The second kappa shape index (κ2) is 5.59. The maximum absolute atomic E-state index is 12.1. The van der Waals surface area contributed by atoms with Crippen molar-refractivity contribution in [1.29, 1.82) is 0 Å². The van der Waals surface area contributed by atoms with Crippen molar-refractivity contribution < 1.29 is 17.5 Å². The summed E-state index contributed by atoms with van der Waals surface area (Å²) in [5.41, 5.74) is -0.318. The number of nitro groups is 1. The third-order valence-electron chi connectivity index (χ3n) is 2.35. The van der Waals surface area contributed by atoms with Crippen molar-refractivity contribution in [3.05, 3.63) is 63.1 Å². The Morgan fingerprint density at radius 1 is 1.10 bits per heavy atom. The van der Waals surface area contributed by atoms with Gasteiger partial charge in [0.25, 0.3) is 5.69 Å². The van der Waals surface area contributed by atoms with Crippen LogP contribution in [0.1, 0.15) is 0 Å². The van der Waals surface area contributed by atoms with Crippen LogP contribution in [0.25, 0.3) is 0 Å². The monoisotopic (exact) mass is 357 g/mol. The summed E-state index contributed by atoms with van der Waals surface area (Å²) in [6.45, 7) is 0. The lowest BCUT2D eigenvalue weighted by Crippen LogP contribution is -2.10. The van der Waals surface area contributed by atoms with Gasteiger partial charge in [-0.05, 0) is 34.1 Å². The molecule has 20 heavy (non-hydrogen) atoms. The molecule has 6 nitrogen and oxygen atoms in total. The highest BCUT2D eigenvalue weighted by molar-refractivity contribution is 9.10. The molecule has 0 saturated carbocycles. The lowest BCUT2D eigenvalue weighted by molar-refractivity contribution is -0.385. The average Bonchev–Trinajstić information content (AvgIpc) is 2.41. The van der Waals surface area contributed by atoms with E-state index >= 15 is 0 Å². The third-order valence-corrected chi connectivity index (χ3v) is 4.24. The zero-order chi connectivity index (χ0) is 14.8. The van der Waals surface area contributed by atoms with Gasteiger partial charge in [-0.15, -0.1) is 0 Å². The van der Waals surface area contributed by atoms with Crippen LogP contribution in [0.3, 0.4) is 0 Å². The molecule has 0 radical (unpaired) electrons. The topological polar surface area (TPSA) is 86.5 Å². The fraction of sp³-hybridized carbons (Fsp3) is 0. The Balaban J connectivity index is 2.38. The average molecular weight is 358 g/mol. The largest absolute Gasteiger partial charge is 0.378 e. The first-order chi connectivity index (χ1) is 9.40. The summed E-state index contributed by atoms with van der Waals surface area (Å²) in [6.07, 6.45) is 0. The maximum atomic E-state index is 12.1. The van der Waals surface area contributed by atoms with Gasteiger partial charge in [-0.3, -0.25) is 10.1 Å². The van der Waals surface area contributed by atoms with Crippen molar-refractivity contribution in [1.82, 2.24) is 0 Å². The third kappa shape index (κ3) is 3.14. The van der Waals surface area contributed by atoms with E-state index in [0.29, 0.717) is 4.47 Å². The number of rotatable bonds is 4. The summed E-state index contributed by atoms with van der Waals surface area (Å²) < 4.78 is 29.5. The van der Waals surface area contributed by atoms with Gasteiger partial charge < -0.3 is 4.18 Å². The Morgan fingerprint density at radius 3 is 2.45 bits per heavy atom. The minimum atomic E-state index is -4.13. The fourth-order valence-corrected chi connectivity index (χ4v) is 2.89. The summed E-state index contributed by atoms with van der Waals surface area (Å²) in [5, 5.41) is 10.7. The summed E-state index contributed by atoms with van der Waals surface area (Å²) in [4.78, 5) is 9.71. The van der Waals surface area contributed by atoms with Crippen LogP contribution in [0.5, 0.6) is 5.75 Å². The summed E-state index contributed by atoms with van der Waals surface area (Å²) in [5.74, 6) is 0.110. The maximum Gasteiger partial charge on any atom is 0.339 e. The van der Waals surface area contributed by atoms with Crippen molar-refractivity contribution in [3.63, 3.8) is 0 Å². The van der Waals surface area contributed by atoms with Crippen molar-refractivity contribution >= 4 is 31.7 Å². The molecular formula is C12H8BrNO5S. The Bertz CT molecular complexity index is 760. The van der Waals surface area contributed by atoms with E-state index in [9.17, 15) is 18.5 Å². The number of para-hydroxylation sites is 1. The molecule has 0 atom stereocenters. The molecule has 0 amide bonds. The standard InChI is InChI=1S/C12H8BrNO5S/c13-11-6-1-2-7-12(11)19-20(17,18)10-5-3-4-9(8-10)14(15)16/h1-8H. The van der Waals surface area contributed by atoms with Crippen LogP contribution in [-0.2, 0) is 10.1 Å². The Morgan fingerprint density at radius 2 is 1.80 bits per heavy atom. The van der Waals surface area contributed by atoms with Gasteiger partial charge in [-0.1, -0.05) is 18.2 Å². The molecule has 0 spiro atoms.